The van der Waals surface area contributed by atoms with Crippen molar-refractivity contribution in [2.75, 3.05) is 19.5 Å². The van der Waals surface area contributed by atoms with Crippen LogP contribution in [0.5, 0.6) is 5.88 Å². The number of aliphatic hydroxyl groups excluding tert-OH is 1. The minimum absolute atomic E-state index is 0.179. The molecule has 1 aliphatic rings. The van der Waals surface area contributed by atoms with E-state index in [0.717, 1.165) is 23.0 Å². The molecule has 2 atom stereocenters. The summed E-state index contributed by atoms with van der Waals surface area (Å²) in [4.78, 5) is 22.4. The molecular formula is C23H27N7O3. The number of pyridine rings is 1. The van der Waals surface area contributed by atoms with Crippen LogP contribution in [-0.4, -0.2) is 61.5 Å². The number of aromatic nitrogens is 5. The van der Waals surface area contributed by atoms with Gasteiger partial charge in [-0.3, -0.25) is 4.79 Å². The molecule has 1 saturated carbocycles. The fraction of sp³-hybridized carbons (Fsp3) is 0.391. The highest BCUT2D eigenvalue weighted by Crippen LogP contribution is 2.33. The van der Waals surface area contributed by atoms with E-state index in [1.165, 1.54) is 6.20 Å². The maximum absolute atomic E-state index is 12.9. The molecule has 5 rings (SSSR count). The monoisotopic (exact) mass is 449 g/mol. The quantitative estimate of drug-likeness (QED) is 0.414. The summed E-state index contributed by atoms with van der Waals surface area (Å²) in [6.45, 7) is 4.18. The zero-order chi connectivity index (χ0) is 23.3. The molecule has 0 saturated heterocycles. The van der Waals surface area contributed by atoms with Crippen molar-refractivity contribution >= 4 is 28.4 Å². The molecular weight excluding hydrogens is 422 g/mol. The number of hydrogen-bond donors (Lipinski definition) is 3. The first kappa shape index (κ1) is 21.2. The summed E-state index contributed by atoms with van der Waals surface area (Å²) in [6, 6.07) is 5.65. The molecule has 1 fully saturated rings. The van der Waals surface area contributed by atoms with E-state index in [1.54, 1.807) is 18.7 Å². The molecule has 4 heterocycles. The predicted octanol–water partition coefficient (Wildman–Crippen LogP) is 2.63. The Balaban J connectivity index is 1.66. The number of ether oxygens (including phenoxy) is 1. The molecule has 3 N–H and O–H groups in total. The number of fused-ring (bicyclic) bond motifs is 2. The van der Waals surface area contributed by atoms with Gasteiger partial charge in [-0.05, 0) is 32.8 Å². The van der Waals surface area contributed by atoms with Crippen molar-refractivity contribution in [3.05, 3.63) is 36.2 Å². The van der Waals surface area contributed by atoms with Crippen molar-refractivity contribution in [2.45, 2.75) is 44.9 Å². The van der Waals surface area contributed by atoms with Gasteiger partial charge in [-0.15, -0.1) is 0 Å². The SMILES string of the molecule is CNc1cc(-c2cn(C(C)C)c3nc(OC)ccc23)nc2c(C(=O)N[C@@H]3CC[C@@H]3O)cnn12. The van der Waals surface area contributed by atoms with Crippen molar-refractivity contribution in [2.24, 2.45) is 0 Å². The smallest absolute Gasteiger partial charge is 0.257 e. The summed E-state index contributed by atoms with van der Waals surface area (Å²) in [5.74, 6) is 0.947. The normalized spacial score (nSPS) is 18.0. The topological polar surface area (TPSA) is 119 Å². The average Bonchev–Trinajstić information content (AvgIpc) is 3.42. The molecule has 10 heteroatoms. The number of amides is 1. The third-order valence-electron chi connectivity index (χ3n) is 6.22. The summed E-state index contributed by atoms with van der Waals surface area (Å²) in [7, 11) is 3.40. The zero-order valence-electron chi connectivity index (χ0n) is 19.0. The van der Waals surface area contributed by atoms with E-state index in [1.807, 2.05) is 24.4 Å². The second-order valence-electron chi connectivity index (χ2n) is 8.56. The number of carbonyl (C=O) groups is 1. The van der Waals surface area contributed by atoms with Crippen molar-refractivity contribution < 1.29 is 14.6 Å². The van der Waals surface area contributed by atoms with E-state index < -0.39 is 6.10 Å². The van der Waals surface area contributed by atoms with Crippen LogP contribution >= 0.6 is 0 Å². The van der Waals surface area contributed by atoms with Crippen LogP contribution in [0.2, 0.25) is 0 Å². The molecule has 0 spiro atoms. The number of hydrogen-bond acceptors (Lipinski definition) is 7. The summed E-state index contributed by atoms with van der Waals surface area (Å²) < 4.78 is 9.02. The van der Waals surface area contributed by atoms with Crippen LogP contribution in [0.15, 0.2) is 30.6 Å². The Morgan fingerprint density at radius 1 is 1.24 bits per heavy atom. The van der Waals surface area contributed by atoms with Gasteiger partial charge in [-0.2, -0.15) is 14.6 Å². The minimum Gasteiger partial charge on any atom is -0.481 e. The lowest BCUT2D eigenvalue weighted by molar-refractivity contribution is 0.0448. The highest BCUT2D eigenvalue weighted by Gasteiger charge is 2.31. The predicted molar refractivity (Wildman–Crippen MR) is 125 cm³/mol. The van der Waals surface area contributed by atoms with Crippen LogP contribution in [0.25, 0.3) is 27.9 Å². The van der Waals surface area contributed by atoms with E-state index in [2.05, 4.69) is 39.1 Å². The standard InChI is InChI=1S/C23H27N7O3/c1-12(2)29-11-15(13-5-8-20(33-4)28-21(13)29)17-9-19(24-3)30-22(26-17)14(10-25-30)23(32)27-16-6-7-18(16)31/h5,8-12,16,18,24,31H,6-7H2,1-4H3,(H,27,32)/t16-,18+/m1/s1. The van der Waals surface area contributed by atoms with Gasteiger partial charge < -0.3 is 25.0 Å². The van der Waals surface area contributed by atoms with Crippen LogP contribution in [0.3, 0.4) is 0 Å². The fourth-order valence-electron chi connectivity index (χ4n) is 4.16. The number of rotatable bonds is 6. The Kier molecular flexibility index (Phi) is 5.16. The molecule has 1 aliphatic carbocycles. The Morgan fingerprint density at radius 3 is 2.70 bits per heavy atom. The molecule has 0 unspecified atom stereocenters. The summed E-state index contributed by atoms with van der Waals surface area (Å²) in [6.07, 6.45) is 4.50. The molecule has 1 amide bonds. The highest BCUT2D eigenvalue weighted by atomic mass is 16.5. The molecule has 0 bridgehead atoms. The van der Waals surface area contributed by atoms with Gasteiger partial charge in [-0.25, -0.2) is 4.98 Å². The molecule has 4 aromatic heterocycles. The van der Waals surface area contributed by atoms with Gasteiger partial charge in [0.15, 0.2) is 5.65 Å². The van der Waals surface area contributed by atoms with Gasteiger partial charge in [0.1, 0.15) is 17.0 Å². The lowest BCUT2D eigenvalue weighted by Crippen LogP contribution is -2.50. The van der Waals surface area contributed by atoms with Crippen LogP contribution in [0, 0.1) is 0 Å². The lowest BCUT2D eigenvalue weighted by atomic mass is 9.89. The molecule has 0 radical (unpaired) electrons. The Hall–Kier alpha value is -3.66. The van der Waals surface area contributed by atoms with Gasteiger partial charge in [0.05, 0.1) is 31.1 Å². The number of methoxy groups -OCH3 is 1. The summed E-state index contributed by atoms with van der Waals surface area (Å²) in [5.41, 5.74) is 3.20. The van der Waals surface area contributed by atoms with E-state index >= 15 is 0 Å². The number of aliphatic hydroxyl groups is 1. The van der Waals surface area contributed by atoms with E-state index in [9.17, 15) is 9.90 Å². The molecule has 0 aliphatic heterocycles. The third-order valence-corrected chi connectivity index (χ3v) is 6.22. The molecule has 172 valence electrons. The Bertz CT molecular complexity index is 1360. The number of anilines is 1. The fourth-order valence-corrected chi connectivity index (χ4v) is 4.16. The van der Waals surface area contributed by atoms with Gasteiger partial charge in [0, 0.05) is 42.4 Å². The largest absolute Gasteiger partial charge is 0.481 e. The molecule has 33 heavy (non-hydrogen) atoms. The van der Waals surface area contributed by atoms with Crippen LogP contribution in [-0.2, 0) is 0 Å². The first-order valence-corrected chi connectivity index (χ1v) is 11.0. The van der Waals surface area contributed by atoms with E-state index in [-0.39, 0.29) is 18.0 Å². The van der Waals surface area contributed by atoms with Crippen molar-refractivity contribution in [3.63, 3.8) is 0 Å². The molecule has 4 aromatic rings. The van der Waals surface area contributed by atoms with Gasteiger partial charge >= 0.3 is 0 Å². The van der Waals surface area contributed by atoms with Gasteiger partial charge in [-0.1, -0.05) is 0 Å². The first-order valence-electron chi connectivity index (χ1n) is 11.0. The van der Waals surface area contributed by atoms with Gasteiger partial charge in [0.25, 0.3) is 5.91 Å². The highest BCUT2D eigenvalue weighted by molar-refractivity contribution is 6.01. The average molecular weight is 450 g/mol. The van der Waals surface area contributed by atoms with Crippen molar-refractivity contribution in [3.8, 4) is 17.1 Å². The van der Waals surface area contributed by atoms with Crippen LogP contribution in [0.1, 0.15) is 43.1 Å². The Labute approximate surface area is 190 Å². The number of nitrogens with one attached hydrogen (secondary N) is 2. The number of carbonyl (C=O) groups excluding carboxylic acids is 1. The first-order chi connectivity index (χ1) is 15.9. The van der Waals surface area contributed by atoms with Crippen LogP contribution < -0.4 is 15.4 Å². The van der Waals surface area contributed by atoms with Gasteiger partial charge in [0.2, 0.25) is 5.88 Å². The number of nitrogens with zero attached hydrogens (tertiary/aromatic N) is 5. The van der Waals surface area contributed by atoms with E-state index in [4.69, 9.17) is 9.72 Å². The summed E-state index contributed by atoms with van der Waals surface area (Å²) >= 11 is 0. The maximum atomic E-state index is 12.9. The summed E-state index contributed by atoms with van der Waals surface area (Å²) in [5, 5.41) is 21.2. The van der Waals surface area contributed by atoms with Crippen molar-refractivity contribution in [1.29, 1.82) is 0 Å². The second-order valence-corrected chi connectivity index (χ2v) is 8.56. The lowest BCUT2D eigenvalue weighted by Gasteiger charge is -2.32. The molecule has 0 aromatic carbocycles. The van der Waals surface area contributed by atoms with Crippen molar-refractivity contribution in [1.82, 2.24) is 29.5 Å². The second kappa shape index (κ2) is 8.04. The molecule has 10 nitrogen and oxygen atoms in total. The zero-order valence-corrected chi connectivity index (χ0v) is 19.0. The van der Waals surface area contributed by atoms with Crippen LogP contribution in [0.4, 0.5) is 5.82 Å². The third kappa shape index (κ3) is 3.46. The minimum atomic E-state index is -0.501. The maximum Gasteiger partial charge on any atom is 0.257 e. The Morgan fingerprint density at radius 2 is 2.06 bits per heavy atom. The van der Waals surface area contributed by atoms with E-state index in [0.29, 0.717) is 35.0 Å².